The smallest absolute Gasteiger partial charge is 0.134 e. The van der Waals surface area contributed by atoms with Crippen molar-refractivity contribution in [2.45, 2.75) is 6.04 Å². The standard InChI is InChI=1S/C16H12BrClFNO/c1-20-16(12-8-10(17)2-4-13(12)19)15-7-9-6-11(18)3-5-14(9)21-15/h2-8,16,20H,1H3. The first kappa shape index (κ1) is 14.6. The lowest BCUT2D eigenvalue weighted by atomic mass is 10.0. The third-order valence-corrected chi connectivity index (χ3v) is 4.07. The number of hydrogen-bond donors (Lipinski definition) is 1. The Balaban J connectivity index is 2.11. The van der Waals surface area contributed by atoms with Gasteiger partial charge in [-0.2, -0.15) is 0 Å². The summed E-state index contributed by atoms with van der Waals surface area (Å²) in [5.74, 6) is 0.364. The molecule has 3 aromatic rings. The maximum absolute atomic E-state index is 14.1. The van der Waals surface area contributed by atoms with E-state index in [0.717, 1.165) is 15.4 Å². The average Bonchev–Trinajstić information content (AvgIpc) is 2.86. The minimum absolute atomic E-state index is 0.281. The number of rotatable bonds is 3. The Morgan fingerprint density at radius 2 is 2.00 bits per heavy atom. The molecule has 0 spiro atoms. The molecule has 1 N–H and O–H groups in total. The van der Waals surface area contributed by atoms with E-state index in [1.54, 1.807) is 25.2 Å². The fourth-order valence-electron chi connectivity index (χ4n) is 2.36. The van der Waals surface area contributed by atoms with Crippen molar-refractivity contribution < 1.29 is 8.81 Å². The molecule has 0 bridgehead atoms. The van der Waals surface area contributed by atoms with E-state index >= 15 is 0 Å². The maximum atomic E-state index is 14.1. The van der Waals surface area contributed by atoms with E-state index in [9.17, 15) is 4.39 Å². The zero-order valence-corrected chi connectivity index (χ0v) is 13.5. The molecule has 5 heteroatoms. The Morgan fingerprint density at radius 3 is 2.76 bits per heavy atom. The maximum Gasteiger partial charge on any atom is 0.134 e. The van der Waals surface area contributed by atoms with Crippen LogP contribution in [0.15, 0.2) is 51.4 Å². The molecule has 0 aliphatic carbocycles. The molecule has 1 heterocycles. The monoisotopic (exact) mass is 367 g/mol. The van der Waals surface area contributed by atoms with Crippen molar-refractivity contribution in [3.8, 4) is 0 Å². The van der Waals surface area contributed by atoms with Crippen LogP contribution in [0.1, 0.15) is 17.4 Å². The number of halogens is 3. The number of hydrogen-bond acceptors (Lipinski definition) is 2. The molecule has 2 nitrogen and oxygen atoms in total. The van der Waals surface area contributed by atoms with Gasteiger partial charge < -0.3 is 9.73 Å². The lowest BCUT2D eigenvalue weighted by Gasteiger charge is -2.15. The number of fused-ring (bicyclic) bond motifs is 1. The number of benzene rings is 2. The van der Waals surface area contributed by atoms with Gasteiger partial charge in [0.25, 0.3) is 0 Å². The number of nitrogens with one attached hydrogen (secondary N) is 1. The molecular formula is C16H12BrClFNO. The van der Waals surface area contributed by atoms with E-state index in [2.05, 4.69) is 21.2 Å². The normalized spacial score (nSPS) is 12.8. The first-order valence-corrected chi connectivity index (χ1v) is 7.57. The largest absolute Gasteiger partial charge is 0.459 e. The van der Waals surface area contributed by atoms with Gasteiger partial charge in [-0.15, -0.1) is 0 Å². The van der Waals surface area contributed by atoms with Gasteiger partial charge in [0.2, 0.25) is 0 Å². The first-order chi connectivity index (χ1) is 10.1. The summed E-state index contributed by atoms with van der Waals surface area (Å²) >= 11 is 9.35. The van der Waals surface area contributed by atoms with Gasteiger partial charge in [0, 0.05) is 20.4 Å². The van der Waals surface area contributed by atoms with Crippen LogP contribution in [0.5, 0.6) is 0 Å². The minimum Gasteiger partial charge on any atom is -0.459 e. The van der Waals surface area contributed by atoms with Gasteiger partial charge in [-0.3, -0.25) is 0 Å². The molecule has 108 valence electrons. The molecule has 1 unspecified atom stereocenters. The zero-order chi connectivity index (χ0) is 15.0. The summed E-state index contributed by atoms with van der Waals surface area (Å²) in [7, 11) is 1.77. The van der Waals surface area contributed by atoms with E-state index in [0.29, 0.717) is 16.3 Å². The van der Waals surface area contributed by atoms with Crippen LogP contribution in [-0.2, 0) is 0 Å². The fourth-order valence-corrected chi connectivity index (χ4v) is 2.92. The highest BCUT2D eigenvalue weighted by molar-refractivity contribution is 9.10. The summed E-state index contributed by atoms with van der Waals surface area (Å²) in [5, 5.41) is 4.63. The Bertz CT molecular complexity index is 802. The molecule has 0 aliphatic rings. The van der Waals surface area contributed by atoms with Crippen molar-refractivity contribution in [2.24, 2.45) is 0 Å². The second-order valence-electron chi connectivity index (χ2n) is 4.72. The molecule has 0 saturated heterocycles. The highest BCUT2D eigenvalue weighted by Crippen LogP contribution is 2.31. The summed E-state index contributed by atoms with van der Waals surface area (Å²) in [6.45, 7) is 0. The summed E-state index contributed by atoms with van der Waals surface area (Å²) < 4.78 is 20.7. The van der Waals surface area contributed by atoms with Crippen LogP contribution in [0.3, 0.4) is 0 Å². The lowest BCUT2D eigenvalue weighted by molar-refractivity contribution is 0.476. The van der Waals surface area contributed by atoms with Gasteiger partial charge in [-0.1, -0.05) is 27.5 Å². The van der Waals surface area contributed by atoms with Crippen LogP contribution in [-0.4, -0.2) is 7.05 Å². The van der Waals surface area contributed by atoms with Crippen molar-refractivity contribution in [1.82, 2.24) is 5.32 Å². The fraction of sp³-hybridized carbons (Fsp3) is 0.125. The van der Waals surface area contributed by atoms with Gasteiger partial charge in [-0.05, 0) is 49.5 Å². The van der Waals surface area contributed by atoms with Gasteiger partial charge in [0.05, 0.1) is 6.04 Å². The summed E-state index contributed by atoms with van der Waals surface area (Å²) in [6.07, 6.45) is 0. The van der Waals surface area contributed by atoms with Crippen LogP contribution >= 0.6 is 27.5 Å². The quantitative estimate of drug-likeness (QED) is 0.679. The molecule has 1 atom stereocenters. The molecule has 3 rings (SSSR count). The van der Waals surface area contributed by atoms with Crippen molar-refractivity contribution in [3.63, 3.8) is 0 Å². The minimum atomic E-state index is -0.367. The third-order valence-electron chi connectivity index (χ3n) is 3.34. The summed E-state index contributed by atoms with van der Waals surface area (Å²) in [5.41, 5.74) is 1.25. The molecule has 0 radical (unpaired) electrons. The Morgan fingerprint density at radius 1 is 1.19 bits per heavy atom. The second kappa shape index (κ2) is 5.79. The van der Waals surface area contributed by atoms with Crippen LogP contribution in [0.25, 0.3) is 11.0 Å². The Hall–Kier alpha value is -1.36. The Kier molecular flexibility index (Phi) is 4.02. The summed E-state index contributed by atoms with van der Waals surface area (Å²) in [4.78, 5) is 0. The first-order valence-electron chi connectivity index (χ1n) is 6.39. The van der Waals surface area contributed by atoms with Crippen molar-refractivity contribution in [1.29, 1.82) is 0 Å². The van der Waals surface area contributed by atoms with Crippen molar-refractivity contribution in [3.05, 3.63) is 69.1 Å². The molecule has 0 fully saturated rings. The van der Waals surface area contributed by atoms with Crippen molar-refractivity contribution in [2.75, 3.05) is 7.05 Å². The Labute approximate surface area is 135 Å². The van der Waals surface area contributed by atoms with Gasteiger partial charge in [0.15, 0.2) is 0 Å². The van der Waals surface area contributed by atoms with Gasteiger partial charge in [0.1, 0.15) is 17.2 Å². The van der Waals surface area contributed by atoms with E-state index < -0.39 is 0 Å². The average molecular weight is 369 g/mol. The molecule has 0 aliphatic heterocycles. The van der Waals surface area contributed by atoms with Crippen LogP contribution in [0, 0.1) is 5.82 Å². The molecule has 1 aromatic heterocycles. The molecule has 2 aromatic carbocycles. The van der Waals surface area contributed by atoms with Gasteiger partial charge in [-0.25, -0.2) is 4.39 Å². The topological polar surface area (TPSA) is 25.2 Å². The van der Waals surface area contributed by atoms with Crippen LogP contribution in [0.2, 0.25) is 5.02 Å². The lowest BCUT2D eigenvalue weighted by Crippen LogP contribution is -2.18. The molecule has 0 amide bonds. The van der Waals surface area contributed by atoms with Gasteiger partial charge >= 0.3 is 0 Å². The SMILES string of the molecule is CNC(c1cc2cc(Cl)ccc2o1)c1cc(Br)ccc1F. The predicted molar refractivity (Wildman–Crippen MR) is 86.2 cm³/mol. The van der Waals surface area contributed by atoms with Crippen LogP contribution < -0.4 is 5.32 Å². The molecule has 0 saturated carbocycles. The van der Waals surface area contributed by atoms with Crippen molar-refractivity contribution >= 4 is 38.5 Å². The zero-order valence-electron chi connectivity index (χ0n) is 11.2. The number of furan rings is 1. The third kappa shape index (κ3) is 2.84. The summed E-state index contributed by atoms with van der Waals surface area (Å²) in [6, 6.07) is 11.8. The second-order valence-corrected chi connectivity index (χ2v) is 6.07. The molecular weight excluding hydrogens is 357 g/mol. The van der Waals surface area contributed by atoms with E-state index in [-0.39, 0.29) is 11.9 Å². The highest BCUT2D eigenvalue weighted by Gasteiger charge is 2.20. The van der Waals surface area contributed by atoms with E-state index in [1.807, 2.05) is 18.2 Å². The van der Waals surface area contributed by atoms with Crippen LogP contribution in [0.4, 0.5) is 4.39 Å². The van der Waals surface area contributed by atoms with E-state index in [1.165, 1.54) is 6.07 Å². The molecule has 21 heavy (non-hydrogen) atoms. The highest BCUT2D eigenvalue weighted by atomic mass is 79.9. The predicted octanol–water partition coefficient (Wildman–Crippen LogP) is 5.30. The van der Waals surface area contributed by atoms with E-state index in [4.69, 9.17) is 16.0 Å².